The van der Waals surface area contributed by atoms with Crippen molar-refractivity contribution in [3.8, 4) is 0 Å². The third-order valence-corrected chi connectivity index (χ3v) is 5.66. The van der Waals surface area contributed by atoms with Crippen LogP contribution in [0, 0.1) is 0 Å². The zero-order valence-corrected chi connectivity index (χ0v) is 16.7. The van der Waals surface area contributed by atoms with Gasteiger partial charge in [-0.3, -0.25) is 9.59 Å². The Balaban J connectivity index is 1.43. The van der Waals surface area contributed by atoms with Gasteiger partial charge in [-0.15, -0.1) is 0 Å². The highest BCUT2D eigenvalue weighted by Gasteiger charge is 2.27. The molecule has 2 amide bonds. The molecule has 0 fully saturated rings. The molecular weight excluding hydrogens is 368 g/mol. The number of imidazole rings is 1. The number of carbonyl (C=O) groups excluding carboxylic acids is 2. The van der Waals surface area contributed by atoms with Crippen LogP contribution in [0.3, 0.4) is 0 Å². The van der Waals surface area contributed by atoms with E-state index >= 15 is 0 Å². The molecule has 154 valence electrons. The first-order valence-electron chi connectivity index (χ1n) is 10.6. The first kappa shape index (κ1) is 19.5. The summed E-state index contributed by atoms with van der Waals surface area (Å²) in [7, 11) is 0. The smallest absolute Gasteiger partial charge is 0.287 e. The molecule has 3 heterocycles. The second kappa shape index (κ2) is 9.11. The van der Waals surface area contributed by atoms with Crippen molar-refractivity contribution in [2.45, 2.75) is 64.5 Å². The van der Waals surface area contributed by atoms with E-state index in [2.05, 4.69) is 21.7 Å². The summed E-state index contributed by atoms with van der Waals surface area (Å²) in [6, 6.07) is 3.59. The van der Waals surface area contributed by atoms with Gasteiger partial charge in [0, 0.05) is 13.1 Å². The first-order chi connectivity index (χ1) is 14.2. The van der Waals surface area contributed by atoms with Crippen molar-refractivity contribution in [1.82, 2.24) is 20.2 Å². The summed E-state index contributed by atoms with van der Waals surface area (Å²) in [4.78, 5) is 29.9. The molecular formula is C22H28N4O3. The second-order valence-corrected chi connectivity index (χ2v) is 7.72. The van der Waals surface area contributed by atoms with Crippen molar-refractivity contribution in [2.24, 2.45) is 0 Å². The second-order valence-electron chi connectivity index (χ2n) is 7.72. The van der Waals surface area contributed by atoms with E-state index in [0.29, 0.717) is 36.9 Å². The van der Waals surface area contributed by atoms with Crippen molar-refractivity contribution in [2.75, 3.05) is 6.54 Å². The van der Waals surface area contributed by atoms with E-state index in [9.17, 15) is 9.59 Å². The Morgan fingerprint density at radius 2 is 2.00 bits per heavy atom. The minimum absolute atomic E-state index is 0.183. The number of amides is 2. The normalized spacial score (nSPS) is 16.1. The molecule has 0 radical (unpaired) electrons. The van der Waals surface area contributed by atoms with Gasteiger partial charge in [-0.25, -0.2) is 4.98 Å². The lowest BCUT2D eigenvalue weighted by Crippen LogP contribution is -2.27. The van der Waals surface area contributed by atoms with Gasteiger partial charge in [-0.2, -0.15) is 0 Å². The van der Waals surface area contributed by atoms with Crippen molar-refractivity contribution >= 4 is 11.8 Å². The van der Waals surface area contributed by atoms with Crippen LogP contribution >= 0.6 is 0 Å². The molecule has 29 heavy (non-hydrogen) atoms. The Kier molecular flexibility index (Phi) is 6.12. The van der Waals surface area contributed by atoms with E-state index in [1.165, 1.54) is 18.4 Å². The Labute approximate surface area is 170 Å². The van der Waals surface area contributed by atoms with Crippen LogP contribution in [-0.4, -0.2) is 27.9 Å². The molecule has 2 aromatic heterocycles. The van der Waals surface area contributed by atoms with Gasteiger partial charge < -0.3 is 19.6 Å². The van der Waals surface area contributed by atoms with Crippen LogP contribution in [0.2, 0.25) is 0 Å². The summed E-state index contributed by atoms with van der Waals surface area (Å²) in [6.45, 7) is 1.62. The maximum Gasteiger partial charge on any atom is 0.287 e. The van der Waals surface area contributed by atoms with Crippen LogP contribution in [0.25, 0.3) is 0 Å². The average Bonchev–Trinajstić information content (AvgIpc) is 3.41. The highest BCUT2D eigenvalue weighted by molar-refractivity contribution is 5.97. The molecule has 0 aromatic carbocycles. The lowest BCUT2D eigenvalue weighted by molar-refractivity contribution is 0.0932. The topological polar surface area (TPSA) is 89.2 Å². The molecule has 0 unspecified atom stereocenters. The van der Waals surface area contributed by atoms with Gasteiger partial charge in [0.05, 0.1) is 18.5 Å². The van der Waals surface area contributed by atoms with Gasteiger partial charge in [0.25, 0.3) is 11.8 Å². The van der Waals surface area contributed by atoms with Gasteiger partial charge in [0.15, 0.2) is 5.82 Å². The predicted octanol–water partition coefficient (Wildman–Crippen LogP) is 3.36. The van der Waals surface area contributed by atoms with Gasteiger partial charge in [0.1, 0.15) is 11.5 Å². The highest BCUT2D eigenvalue weighted by Crippen LogP contribution is 2.22. The lowest BCUT2D eigenvalue weighted by atomic mass is 9.97. The van der Waals surface area contributed by atoms with E-state index in [1.54, 1.807) is 12.3 Å². The number of aromatic nitrogens is 2. The summed E-state index contributed by atoms with van der Waals surface area (Å²) >= 11 is 0. The molecule has 0 saturated heterocycles. The van der Waals surface area contributed by atoms with Crippen LogP contribution in [0.5, 0.6) is 0 Å². The number of hydrogen-bond donors (Lipinski definition) is 2. The van der Waals surface area contributed by atoms with Crippen LogP contribution in [0.1, 0.15) is 77.5 Å². The van der Waals surface area contributed by atoms with E-state index in [4.69, 9.17) is 4.42 Å². The van der Waals surface area contributed by atoms with Crippen LogP contribution in [0.4, 0.5) is 0 Å². The Hall–Kier alpha value is -2.83. The Morgan fingerprint density at radius 3 is 2.79 bits per heavy atom. The number of fused-ring (bicyclic) bond motifs is 1. The zero-order chi connectivity index (χ0) is 20.1. The number of furan rings is 1. The van der Waals surface area contributed by atoms with Crippen molar-refractivity contribution in [3.63, 3.8) is 0 Å². The van der Waals surface area contributed by atoms with Crippen molar-refractivity contribution in [3.05, 3.63) is 53.0 Å². The van der Waals surface area contributed by atoms with Crippen LogP contribution < -0.4 is 10.6 Å². The standard InChI is InChI=1S/C22H28N4O3/c27-21(23-12-11-16-7-2-1-3-8-16)19-18-10-4-5-13-26(18)20(25-19)22(28)24-15-17-9-6-14-29-17/h6-7,9,14H,1-5,8,10-13,15H2,(H,23,27)(H,24,28). The molecule has 7 heteroatoms. The van der Waals surface area contributed by atoms with E-state index in [1.807, 2.05) is 10.6 Å². The summed E-state index contributed by atoms with van der Waals surface area (Å²) in [5, 5.41) is 5.84. The first-order valence-corrected chi connectivity index (χ1v) is 10.6. The summed E-state index contributed by atoms with van der Waals surface area (Å²) in [5.74, 6) is 0.526. The molecule has 7 nitrogen and oxygen atoms in total. The highest BCUT2D eigenvalue weighted by atomic mass is 16.3. The fraction of sp³-hybridized carbons (Fsp3) is 0.500. The van der Waals surface area contributed by atoms with E-state index < -0.39 is 0 Å². The van der Waals surface area contributed by atoms with Gasteiger partial charge >= 0.3 is 0 Å². The van der Waals surface area contributed by atoms with Crippen molar-refractivity contribution < 1.29 is 14.0 Å². The minimum atomic E-state index is -0.282. The maximum atomic E-state index is 12.8. The third kappa shape index (κ3) is 4.60. The molecule has 1 aliphatic carbocycles. The number of carbonyl (C=O) groups is 2. The number of hydrogen-bond acceptors (Lipinski definition) is 4. The molecule has 2 aromatic rings. The van der Waals surface area contributed by atoms with Crippen LogP contribution in [0.15, 0.2) is 34.5 Å². The molecule has 0 bridgehead atoms. The monoisotopic (exact) mass is 396 g/mol. The molecule has 0 atom stereocenters. The van der Waals surface area contributed by atoms with Crippen molar-refractivity contribution in [1.29, 1.82) is 0 Å². The third-order valence-electron chi connectivity index (χ3n) is 5.66. The number of rotatable bonds is 7. The largest absolute Gasteiger partial charge is 0.467 e. The summed E-state index contributed by atoms with van der Waals surface area (Å²) in [6.07, 6.45) is 12.3. The molecule has 1 aliphatic heterocycles. The summed E-state index contributed by atoms with van der Waals surface area (Å²) < 4.78 is 7.16. The zero-order valence-electron chi connectivity index (χ0n) is 16.7. The molecule has 4 rings (SSSR count). The van der Waals surface area contributed by atoms with Crippen LogP contribution in [-0.2, 0) is 19.5 Å². The van der Waals surface area contributed by atoms with Gasteiger partial charge in [-0.05, 0) is 63.5 Å². The Bertz CT molecular complexity index is 896. The fourth-order valence-corrected chi connectivity index (χ4v) is 4.11. The number of nitrogens with one attached hydrogen (secondary N) is 2. The minimum Gasteiger partial charge on any atom is -0.467 e. The quantitative estimate of drug-likeness (QED) is 0.703. The number of nitrogens with zero attached hydrogens (tertiary/aromatic N) is 2. The van der Waals surface area contributed by atoms with E-state index in [-0.39, 0.29) is 11.8 Å². The SMILES string of the molecule is O=C(NCCC1=CCCCC1)c1nc(C(=O)NCc2ccco2)n2c1CCCC2. The predicted molar refractivity (Wildman–Crippen MR) is 109 cm³/mol. The van der Waals surface area contributed by atoms with Gasteiger partial charge in [0.2, 0.25) is 0 Å². The lowest BCUT2D eigenvalue weighted by Gasteiger charge is -2.17. The molecule has 2 aliphatic rings. The summed E-state index contributed by atoms with van der Waals surface area (Å²) in [5.41, 5.74) is 2.70. The maximum absolute atomic E-state index is 12.8. The van der Waals surface area contributed by atoms with Gasteiger partial charge in [-0.1, -0.05) is 11.6 Å². The average molecular weight is 396 g/mol. The molecule has 2 N–H and O–H groups in total. The Morgan fingerprint density at radius 1 is 1.10 bits per heavy atom. The van der Waals surface area contributed by atoms with E-state index in [0.717, 1.165) is 44.2 Å². The number of allylic oxidation sites excluding steroid dienone is 1. The molecule has 0 spiro atoms. The fourth-order valence-electron chi connectivity index (χ4n) is 4.11. The molecule has 0 saturated carbocycles.